The highest BCUT2D eigenvalue weighted by molar-refractivity contribution is 8.00. The Kier molecular flexibility index (Phi) is 10.6. The van der Waals surface area contributed by atoms with E-state index in [0.717, 1.165) is 21.6 Å². The van der Waals surface area contributed by atoms with Crippen LogP contribution in [0.25, 0.3) is 11.1 Å². The average molecular weight is 676 g/mol. The Morgan fingerprint density at radius 1 is 0.889 bits per heavy atom. The molecule has 0 fully saturated rings. The molecule has 4 aromatic carbocycles. The quantitative estimate of drug-likeness (QED) is 0.114. The zero-order valence-electron chi connectivity index (χ0n) is 24.3. The minimum Gasteiger partial charge on any atom is -0.462 e. The second-order valence-electron chi connectivity index (χ2n) is 9.94. The predicted octanol–water partition coefficient (Wildman–Crippen LogP) is 9.93. The maximum Gasteiger partial charge on any atom is 0.341 e. The second-order valence-corrected chi connectivity index (χ2v) is 12.8. The summed E-state index contributed by atoms with van der Waals surface area (Å²) in [5.41, 5.74) is 4.57. The van der Waals surface area contributed by atoms with Crippen molar-refractivity contribution >= 4 is 74.8 Å². The van der Waals surface area contributed by atoms with Gasteiger partial charge in [0.05, 0.1) is 17.2 Å². The Morgan fingerprint density at radius 2 is 1.64 bits per heavy atom. The molecule has 1 aromatic heterocycles. The number of thiophene rings is 1. The summed E-state index contributed by atoms with van der Waals surface area (Å²) in [4.78, 5) is 40.8. The summed E-state index contributed by atoms with van der Waals surface area (Å²) in [5.74, 6) is -1.20. The molecule has 0 saturated carbocycles. The lowest BCUT2D eigenvalue weighted by Gasteiger charge is -2.18. The number of carbonyl (C=O) groups is 3. The van der Waals surface area contributed by atoms with E-state index in [9.17, 15) is 14.4 Å². The molecule has 45 heavy (non-hydrogen) atoms. The van der Waals surface area contributed by atoms with Gasteiger partial charge >= 0.3 is 5.97 Å². The van der Waals surface area contributed by atoms with Crippen LogP contribution in [0.1, 0.15) is 44.0 Å². The van der Waals surface area contributed by atoms with Gasteiger partial charge in [0.2, 0.25) is 5.91 Å². The molecule has 228 valence electrons. The number of carbonyl (C=O) groups excluding carboxylic acids is 3. The topological polar surface area (TPSA) is 84.5 Å². The Balaban J connectivity index is 1.42. The minimum atomic E-state index is -0.678. The Bertz CT molecular complexity index is 1840. The van der Waals surface area contributed by atoms with Crippen molar-refractivity contribution in [3.8, 4) is 11.1 Å². The van der Waals surface area contributed by atoms with Crippen molar-refractivity contribution in [1.82, 2.24) is 0 Å². The molecule has 0 bridgehead atoms. The van der Waals surface area contributed by atoms with Gasteiger partial charge in [-0.2, -0.15) is 0 Å². The van der Waals surface area contributed by atoms with Gasteiger partial charge in [-0.05, 0) is 61.4 Å². The summed E-state index contributed by atoms with van der Waals surface area (Å²) in [6.45, 7) is 3.95. The lowest BCUT2D eigenvalue weighted by Crippen LogP contribution is -2.20. The normalized spacial score (nSPS) is 11.5. The van der Waals surface area contributed by atoms with Crippen molar-refractivity contribution in [3.05, 3.63) is 135 Å². The minimum absolute atomic E-state index is 0.203. The summed E-state index contributed by atoms with van der Waals surface area (Å²) in [5, 5.41) is 8.15. The van der Waals surface area contributed by atoms with E-state index in [4.69, 9.17) is 27.9 Å². The maximum absolute atomic E-state index is 14.0. The number of benzene rings is 4. The zero-order chi connectivity index (χ0) is 31.9. The third-order valence-electron chi connectivity index (χ3n) is 6.73. The first kappa shape index (κ1) is 32.3. The van der Waals surface area contributed by atoms with E-state index >= 15 is 0 Å². The molecular formula is C35H28Cl2N2O4S2. The van der Waals surface area contributed by atoms with Crippen LogP contribution in [-0.2, 0) is 9.53 Å². The predicted molar refractivity (Wildman–Crippen MR) is 185 cm³/mol. The maximum atomic E-state index is 14.0. The largest absolute Gasteiger partial charge is 0.462 e. The van der Waals surface area contributed by atoms with Gasteiger partial charge < -0.3 is 15.4 Å². The van der Waals surface area contributed by atoms with Gasteiger partial charge in [-0.1, -0.05) is 89.4 Å². The number of rotatable bonds is 10. The van der Waals surface area contributed by atoms with Crippen LogP contribution < -0.4 is 10.6 Å². The molecule has 0 spiro atoms. The lowest BCUT2D eigenvalue weighted by molar-refractivity contribution is -0.115. The average Bonchev–Trinajstić information content (AvgIpc) is 3.44. The van der Waals surface area contributed by atoms with Crippen LogP contribution in [0.2, 0.25) is 10.0 Å². The summed E-state index contributed by atoms with van der Waals surface area (Å²) in [6, 6.07) is 29.1. The molecule has 5 rings (SSSR count). The van der Waals surface area contributed by atoms with E-state index in [-0.39, 0.29) is 23.4 Å². The Labute approximate surface area is 279 Å². The second kappa shape index (κ2) is 14.8. The summed E-state index contributed by atoms with van der Waals surface area (Å²) in [6.07, 6.45) is 0. The highest BCUT2D eigenvalue weighted by atomic mass is 35.5. The van der Waals surface area contributed by atoms with Gasteiger partial charge in [-0.3, -0.25) is 9.59 Å². The van der Waals surface area contributed by atoms with Crippen LogP contribution in [0.4, 0.5) is 10.7 Å². The third-order valence-corrected chi connectivity index (χ3v) is 9.42. The summed E-state index contributed by atoms with van der Waals surface area (Å²) >= 11 is 14.8. The first-order chi connectivity index (χ1) is 21.7. The van der Waals surface area contributed by atoms with Crippen molar-refractivity contribution in [2.24, 2.45) is 0 Å². The fourth-order valence-corrected chi connectivity index (χ4v) is 7.07. The van der Waals surface area contributed by atoms with E-state index in [1.165, 1.54) is 29.2 Å². The van der Waals surface area contributed by atoms with Crippen LogP contribution in [0.15, 0.2) is 107 Å². The standard InChI is InChI=1S/C35H28Cl2N2O4S2/c1-3-43-35(42)30-28(22-14-12-21(2)13-15-22)20-44-34(30)39-33(41)31(23-8-5-4-6-9-23)45-26-11-7-10-25(19-26)38-32(40)27-17-16-24(36)18-29(27)37/h4-20,31H,3H2,1-2H3,(H,38,40)(H,39,41). The van der Waals surface area contributed by atoms with Crippen LogP contribution in [0.5, 0.6) is 0 Å². The third kappa shape index (κ3) is 7.96. The van der Waals surface area contributed by atoms with Gasteiger partial charge in [0.1, 0.15) is 15.8 Å². The molecule has 10 heteroatoms. The molecule has 0 radical (unpaired) electrons. The highest BCUT2D eigenvalue weighted by Gasteiger charge is 2.27. The van der Waals surface area contributed by atoms with E-state index in [1.54, 1.807) is 37.3 Å². The molecule has 1 unspecified atom stereocenters. The van der Waals surface area contributed by atoms with Crippen molar-refractivity contribution < 1.29 is 19.1 Å². The summed E-state index contributed by atoms with van der Waals surface area (Å²) in [7, 11) is 0. The van der Waals surface area contributed by atoms with E-state index in [2.05, 4.69) is 10.6 Å². The van der Waals surface area contributed by atoms with Crippen LogP contribution in [0.3, 0.4) is 0 Å². The number of ether oxygens (including phenoxy) is 1. The van der Waals surface area contributed by atoms with Crippen LogP contribution >= 0.6 is 46.3 Å². The molecular weight excluding hydrogens is 647 g/mol. The van der Waals surface area contributed by atoms with E-state index in [0.29, 0.717) is 32.4 Å². The fraction of sp³-hybridized carbons (Fsp3) is 0.114. The number of hydrogen-bond acceptors (Lipinski definition) is 6. The number of nitrogens with one attached hydrogen (secondary N) is 2. The number of halogens is 2. The molecule has 1 heterocycles. The first-order valence-electron chi connectivity index (χ1n) is 14.0. The van der Waals surface area contributed by atoms with Crippen molar-refractivity contribution in [2.45, 2.75) is 24.0 Å². The molecule has 2 N–H and O–H groups in total. The number of esters is 1. The number of hydrogen-bond donors (Lipinski definition) is 2. The van der Waals surface area contributed by atoms with Gasteiger partial charge in [0.25, 0.3) is 5.91 Å². The van der Waals surface area contributed by atoms with Crippen LogP contribution in [-0.4, -0.2) is 24.4 Å². The zero-order valence-corrected chi connectivity index (χ0v) is 27.4. The molecule has 1 atom stereocenters. The molecule has 0 aliphatic carbocycles. The van der Waals surface area contributed by atoms with Gasteiger partial charge in [0.15, 0.2) is 0 Å². The van der Waals surface area contributed by atoms with Crippen molar-refractivity contribution in [1.29, 1.82) is 0 Å². The van der Waals surface area contributed by atoms with Gasteiger partial charge in [-0.15, -0.1) is 23.1 Å². The number of amides is 2. The molecule has 6 nitrogen and oxygen atoms in total. The van der Waals surface area contributed by atoms with E-state index in [1.807, 2.05) is 73.0 Å². The van der Waals surface area contributed by atoms with Gasteiger partial charge in [0, 0.05) is 26.5 Å². The number of aryl methyl sites for hydroxylation is 1. The Morgan fingerprint density at radius 3 is 2.36 bits per heavy atom. The van der Waals surface area contributed by atoms with Crippen molar-refractivity contribution in [3.63, 3.8) is 0 Å². The molecule has 5 aromatic rings. The molecule has 2 amide bonds. The first-order valence-corrected chi connectivity index (χ1v) is 16.5. The van der Waals surface area contributed by atoms with Crippen LogP contribution in [0, 0.1) is 6.92 Å². The number of thioether (sulfide) groups is 1. The van der Waals surface area contributed by atoms with E-state index < -0.39 is 11.2 Å². The monoisotopic (exact) mass is 674 g/mol. The van der Waals surface area contributed by atoms with Gasteiger partial charge in [-0.25, -0.2) is 4.79 Å². The highest BCUT2D eigenvalue weighted by Crippen LogP contribution is 2.40. The summed E-state index contributed by atoms with van der Waals surface area (Å²) < 4.78 is 5.39. The molecule has 0 saturated heterocycles. The Hall–Kier alpha value is -4.08. The fourth-order valence-electron chi connectivity index (χ4n) is 4.53. The smallest absolute Gasteiger partial charge is 0.341 e. The molecule has 0 aliphatic rings. The number of anilines is 2. The SMILES string of the molecule is CCOC(=O)c1c(-c2ccc(C)cc2)csc1NC(=O)C(Sc1cccc(NC(=O)c2ccc(Cl)cc2Cl)c1)c1ccccc1. The lowest BCUT2D eigenvalue weighted by atomic mass is 10.0. The molecule has 0 aliphatic heterocycles. The van der Waals surface area contributed by atoms with Crippen molar-refractivity contribution in [2.75, 3.05) is 17.2 Å².